The number of nitrogens with one attached hydrogen (secondary N) is 1. The number of H-pyrrole nitrogens is 1. The van der Waals surface area contributed by atoms with Gasteiger partial charge in [-0.1, -0.05) is 19.9 Å². The van der Waals surface area contributed by atoms with Crippen LogP contribution in [0.15, 0.2) is 23.0 Å². The van der Waals surface area contributed by atoms with Gasteiger partial charge in [-0.05, 0) is 24.3 Å². The molecule has 0 aliphatic carbocycles. The first-order valence-electron chi connectivity index (χ1n) is 6.06. The third-order valence-electron chi connectivity index (χ3n) is 3.45. The third kappa shape index (κ3) is 2.57. The minimum absolute atomic E-state index is 0.0640. The standard InChI is InChI=1S/C13H18N2O2/c1-9(2)10-6-7-15(8-10)13(17)11-4-3-5-12(16)14-11/h3-5,9-10H,6-8H2,1-2H3,(H,14,16). The summed E-state index contributed by atoms with van der Waals surface area (Å²) >= 11 is 0. The largest absolute Gasteiger partial charge is 0.337 e. The SMILES string of the molecule is CC(C)C1CCN(C(=O)c2cccc(=O)[nH]2)C1. The lowest BCUT2D eigenvalue weighted by Gasteiger charge is -2.17. The van der Waals surface area contributed by atoms with Crippen LogP contribution in [0.4, 0.5) is 0 Å². The van der Waals surface area contributed by atoms with E-state index >= 15 is 0 Å². The Morgan fingerprint density at radius 3 is 2.82 bits per heavy atom. The van der Waals surface area contributed by atoms with E-state index in [1.165, 1.54) is 6.07 Å². The van der Waals surface area contributed by atoms with Gasteiger partial charge in [0.2, 0.25) is 5.56 Å². The molecule has 1 aliphatic rings. The fraction of sp³-hybridized carbons (Fsp3) is 0.538. The zero-order valence-electron chi connectivity index (χ0n) is 10.3. The van der Waals surface area contributed by atoms with Gasteiger partial charge in [0.25, 0.3) is 5.91 Å². The molecule has 92 valence electrons. The summed E-state index contributed by atoms with van der Waals surface area (Å²) in [6.45, 7) is 5.96. The number of carbonyl (C=O) groups excluding carboxylic acids is 1. The molecule has 1 atom stereocenters. The quantitative estimate of drug-likeness (QED) is 0.843. The van der Waals surface area contributed by atoms with Crippen LogP contribution in [0.25, 0.3) is 0 Å². The summed E-state index contributed by atoms with van der Waals surface area (Å²) in [6.07, 6.45) is 1.06. The average molecular weight is 234 g/mol. The fourth-order valence-electron chi connectivity index (χ4n) is 2.26. The molecule has 0 aromatic carbocycles. The Kier molecular flexibility index (Phi) is 3.31. The molecule has 1 aliphatic heterocycles. The Hall–Kier alpha value is -1.58. The molecule has 1 N–H and O–H groups in total. The molecule has 0 spiro atoms. The minimum Gasteiger partial charge on any atom is -0.337 e. The number of aromatic nitrogens is 1. The number of amides is 1. The molecule has 4 nitrogen and oxygen atoms in total. The van der Waals surface area contributed by atoms with Gasteiger partial charge < -0.3 is 9.88 Å². The highest BCUT2D eigenvalue weighted by molar-refractivity contribution is 5.92. The minimum atomic E-state index is -0.226. The van der Waals surface area contributed by atoms with E-state index in [0.717, 1.165) is 19.5 Å². The Morgan fingerprint density at radius 2 is 2.24 bits per heavy atom. The second-order valence-electron chi connectivity index (χ2n) is 4.97. The molecular weight excluding hydrogens is 216 g/mol. The molecule has 1 aromatic heterocycles. The van der Waals surface area contributed by atoms with E-state index in [9.17, 15) is 9.59 Å². The summed E-state index contributed by atoms with van der Waals surface area (Å²) in [6, 6.07) is 4.69. The lowest BCUT2D eigenvalue weighted by atomic mass is 9.95. The Morgan fingerprint density at radius 1 is 1.47 bits per heavy atom. The number of hydrogen-bond donors (Lipinski definition) is 1. The van der Waals surface area contributed by atoms with Gasteiger partial charge in [0.15, 0.2) is 0 Å². The molecule has 1 saturated heterocycles. The van der Waals surface area contributed by atoms with Crippen molar-refractivity contribution in [2.24, 2.45) is 11.8 Å². The predicted molar refractivity (Wildman–Crippen MR) is 65.9 cm³/mol. The van der Waals surface area contributed by atoms with Crippen LogP contribution in [0, 0.1) is 11.8 Å². The van der Waals surface area contributed by atoms with Crippen molar-refractivity contribution in [1.29, 1.82) is 0 Å². The van der Waals surface area contributed by atoms with E-state index < -0.39 is 0 Å². The van der Waals surface area contributed by atoms with Gasteiger partial charge >= 0.3 is 0 Å². The molecule has 17 heavy (non-hydrogen) atoms. The molecule has 4 heteroatoms. The smallest absolute Gasteiger partial charge is 0.270 e. The summed E-state index contributed by atoms with van der Waals surface area (Å²) in [5, 5.41) is 0. The Bertz CT molecular complexity index is 464. The van der Waals surface area contributed by atoms with Crippen molar-refractivity contribution in [3.8, 4) is 0 Å². The first-order valence-corrected chi connectivity index (χ1v) is 6.06. The molecule has 0 radical (unpaired) electrons. The summed E-state index contributed by atoms with van der Waals surface area (Å²) < 4.78 is 0. The van der Waals surface area contributed by atoms with Gasteiger partial charge in [0, 0.05) is 19.2 Å². The van der Waals surface area contributed by atoms with Gasteiger partial charge in [-0.25, -0.2) is 0 Å². The molecular formula is C13H18N2O2. The number of pyridine rings is 1. The maximum atomic E-state index is 12.1. The second-order valence-corrected chi connectivity index (χ2v) is 4.97. The van der Waals surface area contributed by atoms with E-state index in [1.54, 1.807) is 12.1 Å². The molecule has 2 rings (SSSR count). The Balaban J connectivity index is 2.10. The number of nitrogens with zero attached hydrogens (tertiary/aromatic N) is 1. The molecule has 2 heterocycles. The first-order chi connectivity index (χ1) is 8.08. The van der Waals surface area contributed by atoms with Crippen molar-refractivity contribution in [3.63, 3.8) is 0 Å². The molecule has 1 fully saturated rings. The molecule has 1 aromatic rings. The van der Waals surface area contributed by atoms with Crippen LogP contribution < -0.4 is 5.56 Å². The van der Waals surface area contributed by atoms with Crippen LogP contribution in [-0.2, 0) is 0 Å². The third-order valence-corrected chi connectivity index (χ3v) is 3.45. The topological polar surface area (TPSA) is 53.2 Å². The van der Waals surface area contributed by atoms with E-state index in [0.29, 0.717) is 17.5 Å². The van der Waals surface area contributed by atoms with Crippen LogP contribution in [-0.4, -0.2) is 28.9 Å². The first kappa shape index (κ1) is 11.9. The van der Waals surface area contributed by atoms with Crippen molar-refractivity contribution >= 4 is 5.91 Å². The van der Waals surface area contributed by atoms with Crippen molar-refractivity contribution in [2.75, 3.05) is 13.1 Å². The second kappa shape index (κ2) is 4.73. The van der Waals surface area contributed by atoms with E-state index in [1.807, 2.05) is 4.90 Å². The molecule has 1 unspecified atom stereocenters. The summed E-state index contributed by atoms with van der Waals surface area (Å²) in [7, 11) is 0. The average Bonchev–Trinajstić information content (AvgIpc) is 2.77. The summed E-state index contributed by atoms with van der Waals surface area (Å²) in [5.41, 5.74) is 0.164. The van der Waals surface area contributed by atoms with Gasteiger partial charge in [0.1, 0.15) is 5.69 Å². The van der Waals surface area contributed by atoms with Crippen molar-refractivity contribution in [3.05, 3.63) is 34.2 Å². The zero-order valence-corrected chi connectivity index (χ0v) is 10.3. The van der Waals surface area contributed by atoms with Crippen LogP contribution in [0.1, 0.15) is 30.8 Å². The summed E-state index contributed by atoms with van der Waals surface area (Å²) in [5.74, 6) is 1.11. The monoisotopic (exact) mass is 234 g/mol. The maximum Gasteiger partial charge on any atom is 0.270 e. The van der Waals surface area contributed by atoms with Gasteiger partial charge in [-0.15, -0.1) is 0 Å². The zero-order chi connectivity index (χ0) is 12.4. The normalized spacial score (nSPS) is 19.9. The van der Waals surface area contributed by atoms with Crippen molar-refractivity contribution < 1.29 is 4.79 Å². The van der Waals surface area contributed by atoms with E-state index in [4.69, 9.17) is 0 Å². The number of carbonyl (C=O) groups is 1. The number of hydrogen-bond acceptors (Lipinski definition) is 2. The van der Waals surface area contributed by atoms with Gasteiger partial charge in [-0.3, -0.25) is 9.59 Å². The highest BCUT2D eigenvalue weighted by Gasteiger charge is 2.28. The van der Waals surface area contributed by atoms with E-state index in [-0.39, 0.29) is 11.5 Å². The van der Waals surface area contributed by atoms with E-state index in [2.05, 4.69) is 18.8 Å². The van der Waals surface area contributed by atoms with Crippen LogP contribution in [0.3, 0.4) is 0 Å². The fourth-order valence-corrected chi connectivity index (χ4v) is 2.26. The Labute approximate surface area is 101 Å². The van der Waals surface area contributed by atoms with Crippen LogP contribution >= 0.6 is 0 Å². The maximum absolute atomic E-state index is 12.1. The predicted octanol–water partition coefficient (Wildman–Crippen LogP) is 1.49. The van der Waals surface area contributed by atoms with Gasteiger partial charge in [-0.2, -0.15) is 0 Å². The van der Waals surface area contributed by atoms with Crippen LogP contribution in [0.2, 0.25) is 0 Å². The van der Waals surface area contributed by atoms with Crippen LogP contribution in [0.5, 0.6) is 0 Å². The van der Waals surface area contributed by atoms with Crippen molar-refractivity contribution in [1.82, 2.24) is 9.88 Å². The number of aromatic amines is 1. The molecule has 0 saturated carbocycles. The highest BCUT2D eigenvalue weighted by atomic mass is 16.2. The lowest BCUT2D eigenvalue weighted by molar-refractivity contribution is 0.0778. The molecule has 0 bridgehead atoms. The summed E-state index contributed by atoms with van der Waals surface area (Å²) in [4.78, 5) is 27.7. The lowest BCUT2D eigenvalue weighted by Crippen LogP contribution is -2.31. The highest BCUT2D eigenvalue weighted by Crippen LogP contribution is 2.24. The van der Waals surface area contributed by atoms with Crippen molar-refractivity contribution in [2.45, 2.75) is 20.3 Å². The van der Waals surface area contributed by atoms with Gasteiger partial charge in [0.05, 0.1) is 0 Å². The molecule has 1 amide bonds. The number of likely N-dealkylation sites (tertiary alicyclic amines) is 1. The number of rotatable bonds is 2.